The summed E-state index contributed by atoms with van der Waals surface area (Å²) in [5.74, 6) is 2.14. The third-order valence-corrected chi connectivity index (χ3v) is 4.75. The summed E-state index contributed by atoms with van der Waals surface area (Å²) in [6, 6.07) is 4.42. The molecule has 21 heavy (non-hydrogen) atoms. The van der Waals surface area contributed by atoms with E-state index in [2.05, 4.69) is 30.2 Å². The van der Waals surface area contributed by atoms with E-state index in [1.165, 1.54) is 10.5 Å². The smallest absolute Gasteiger partial charge is 0.161 e. The van der Waals surface area contributed by atoms with Gasteiger partial charge in [-0.1, -0.05) is 6.92 Å². The lowest BCUT2D eigenvalue weighted by Crippen LogP contribution is -2.28. The number of nitrogens with zero attached hydrogens (tertiary/aromatic N) is 1. The van der Waals surface area contributed by atoms with Gasteiger partial charge < -0.3 is 15.2 Å². The Morgan fingerprint density at radius 3 is 2.33 bits per heavy atom. The van der Waals surface area contributed by atoms with Crippen LogP contribution in [0.1, 0.15) is 12.5 Å². The van der Waals surface area contributed by atoms with Gasteiger partial charge in [-0.3, -0.25) is 4.90 Å². The summed E-state index contributed by atoms with van der Waals surface area (Å²) in [5, 5.41) is 0. The average Bonchev–Trinajstić information content (AvgIpc) is 2.76. The second-order valence-corrected chi connectivity index (χ2v) is 6.20. The van der Waals surface area contributed by atoms with E-state index in [1.807, 2.05) is 0 Å². The van der Waals surface area contributed by atoms with Crippen LogP contribution in [0.25, 0.3) is 0 Å². The van der Waals surface area contributed by atoms with Crippen LogP contribution < -0.4 is 15.2 Å². The fourth-order valence-electron chi connectivity index (χ4n) is 2.68. The molecule has 2 rings (SSSR count). The maximum absolute atomic E-state index is 6.10. The molecule has 1 aliphatic heterocycles. The second kappa shape index (κ2) is 8.13. The molecule has 2 N–H and O–H groups in total. The first-order valence-electron chi connectivity index (χ1n) is 6.85. The highest BCUT2D eigenvalue weighted by Crippen LogP contribution is 2.35. The van der Waals surface area contributed by atoms with Gasteiger partial charge in [0, 0.05) is 30.6 Å². The fraction of sp³-hybridized carbons (Fsp3) is 0.600. The number of ether oxygens (including phenoxy) is 2. The van der Waals surface area contributed by atoms with E-state index in [1.54, 1.807) is 26.0 Å². The molecule has 0 aromatic heterocycles. The Hall–Kier alpha value is -0.620. The van der Waals surface area contributed by atoms with Crippen molar-refractivity contribution >= 4 is 24.2 Å². The molecule has 1 saturated heterocycles. The van der Waals surface area contributed by atoms with Crippen LogP contribution in [0.2, 0.25) is 0 Å². The van der Waals surface area contributed by atoms with Crippen LogP contribution in [0.5, 0.6) is 11.5 Å². The number of methoxy groups -OCH3 is 2. The van der Waals surface area contributed by atoms with Gasteiger partial charge in [-0.25, -0.2) is 0 Å². The van der Waals surface area contributed by atoms with E-state index in [0.717, 1.165) is 31.1 Å². The molecule has 6 heteroatoms. The van der Waals surface area contributed by atoms with Crippen LogP contribution in [0.15, 0.2) is 17.0 Å². The van der Waals surface area contributed by atoms with E-state index in [-0.39, 0.29) is 18.4 Å². The van der Waals surface area contributed by atoms with E-state index in [9.17, 15) is 0 Å². The first kappa shape index (κ1) is 18.4. The topological polar surface area (TPSA) is 47.7 Å². The molecule has 4 nitrogen and oxygen atoms in total. The molecular formula is C15H25ClN2O2S. The summed E-state index contributed by atoms with van der Waals surface area (Å²) in [4.78, 5) is 3.65. The van der Waals surface area contributed by atoms with Crippen molar-refractivity contribution in [3.8, 4) is 11.5 Å². The number of rotatable bonds is 5. The molecule has 1 fully saturated rings. The Morgan fingerprint density at radius 1 is 1.24 bits per heavy atom. The van der Waals surface area contributed by atoms with Gasteiger partial charge in [-0.2, -0.15) is 0 Å². The molecular weight excluding hydrogens is 308 g/mol. The Balaban J connectivity index is 0.00000220. The lowest BCUT2D eigenvalue weighted by atomic mass is 10.1. The normalized spacial score (nSPS) is 22.0. The Kier molecular flexibility index (Phi) is 7.13. The summed E-state index contributed by atoms with van der Waals surface area (Å²) < 4.78 is 10.8. The molecule has 1 aromatic rings. The van der Waals surface area contributed by atoms with Crippen molar-refractivity contribution in [2.45, 2.75) is 24.4 Å². The molecule has 1 heterocycles. The zero-order valence-electron chi connectivity index (χ0n) is 13.1. The third-order valence-electron chi connectivity index (χ3n) is 3.93. The van der Waals surface area contributed by atoms with Crippen molar-refractivity contribution < 1.29 is 9.47 Å². The van der Waals surface area contributed by atoms with Crippen LogP contribution >= 0.6 is 24.2 Å². The van der Waals surface area contributed by atoms with Crippen molar-refractivity contribution in [3.63, 3.8) is 0 Å². The van der Waals surface area contributed by atoms with Gasteiger partial charge in [-0.05, 0) is 29.9 Å². The van der Waals surface area contributed by atoms with Crippen molar-refractivity contribution in [1.29, 1.82) is 0 Å². The highest BCUT2D eigenvalue weighted by Gasteiger charge is 2.27. The monoisotopic (exact) mass is 332 g/mol. The standard InChI is InChI=1S/C15H24N2O2S.ClH/c1-10-7-17(9-12(10)16)8-11-5-13(18-2)14(19-3)6-15(11)20-4;/h5-6,10,12H,7-9,16H2,1-4H3;1H. The minimum atomic E-state index is 0. The van der Waals surface area contributed by atoms with Gasteiger partial charge in [0.2, 0.25) is 0 Å². The summed E-state index contributed by atoms with van der Waals surface area (Å²) in [6.45, 7) is 5.15. The lowest BCUT2D eigenvalue weighted by molar-refractivity contribution is 0.313. The number of hydrogen-bond donors (Lipinski definition) is 1. The molecule has 0 bridgehead atoms. The van der Waals surface area contributed by atoms with Crippen LogP contribution in [-0.2, 0) is 6.54 Å². The zero-order valence-corrected chi connectivity index (χ0v) is 14.7. The van der Waals surface area contributed by atoms with Gasteiger partial charge in [-0.15, -0.1) is 24.2 Å². The number of thioether (sulfide) groups is 1. The average molecular weight is 333 g/mol. The highest BCUT2D eigenvalue weighted by molar-refractivity contribution is 7.98. The number of nitrogens with two attached hydrogens (primary N) is 1. The number of likely N-dealkylation sites (tertiary alicyclic amines) is 1. The van der Waals surface area contributed by atoms with Gasteiger partial charge in [0.05, 0.1) is 14.2 Å². The van der Waals surface area contributed by atoms with Crippen LogP contribution in [0.3, 0.4) is 0 Å². The minimum absolute atomic E-state index is 0. The summed E-state index contributed by atoms with van der Waals surface area (Å²) >= 11 is 1.74. The molecule has 1 aliphatic rings. The molecule has 0 radical (unpaired) electrons. The van der Waals surface area contributed by atoms with Crippen LogP contribution in [0.4, 0.5) is 0 Å². The largest absolute Gasteiger partial charge is 0.493 e. The summed E-state index contributed by atoms with van der Waals surface area (Å²) in [5.41, 5.74) is 7.38. The number of halogens is 1. The van der Waals surface area contributed by atoms with Crippen LogP contribution in [-0.4, -0.2) is 44.5 Å². The van der Waals surface area contributed by atoms with Crippen molar-refractivity contribution in [3.05, 3.63) is 17.7 Å². The van der Waals surface area contributed by atoms with Gasteiger partial charge >= 0.3 is 0 Å². The predicted octanol–water partition coefficient (Wildman–Crippen LogP) is 2.63. The third kappa shape index (κ3) is 4.19. The van der Waals surface area contributed by atoms with Crippen molar-refractivity contribution in [2.75, 3.05) is 33.6 Å². The first-order chi connectivity index (χ1) is 9.58. The van der Waals surface area contributed by atoms with Gasteiger partial charge in [0.15, 0.2) is 11.5 Å². The summed E-state index contributed by atoms with van der Waals surface area (Å²) in [7, 11) is 3.34. The quantitative estimate of drug-likeness (QED) is 0.840. The summed E-state index contributed by atoms with van der Waals surface area (Å²) in [6.07, 6.45) is 2.09. The first-order valence-corrected chi connectivity index (χ1v) is 8.08. The van der Waals surface area contributed by atoms with E-state index < -0.39 is 0 Å². The Morgan fingerprint density at radius 2 is 1.86 bits per heavy atom. The highest BCUT2D eigenvalue weighted by atomic mass is 35.5. The number of hydrogen-bond acceptors (Lipinski definition) is 5. The van der Waals surface area contributed by atoms with E-state index in [0.29, 0.717) is 5.92 Å². The zero-order chi connectivity index (χ0) is 14.7. The Bertz CT molecular complexity index is 463. The van der Waals surface area contributed by atoms with Gasteiger partial charge in [0.1, 0.15) is 0 Å². The predicted molar refractivity (Wildman–Crippen MR) is 91.0 cm³/mol. The molecule has 2 unspecified atom stereocenters. The maximum Gasteiger partial charge on any atom is 0.161 e. The van der Waals surface area contributed by atoms with Crippen LogP contribution in [0, 0.1) is 5.92 Å². The molecule has 0 aliphatic carbocycles. The maximum atomic E-state index is 6.10. The minimum Gasteiger partial charge on any atom is -0.493 e. The van der Waals surface area contributed by atoms with Crippen molar-refractivity contribution in [1.82, 2.24) is 4.90 Å². The molecule has 0 amide bonds. The molecule has 0 spiro atoms. The van der Waals surface area contributed by atoms with Crippen molar-refractivity contribution in [2.24, 2.45) is 11.7 Å². The SMILES string of the molecule is COc1cc(CN2CC(C)C(N)C2)c(SC)cc1OC.Cl. The number of benzene rings is 1. The van der Waals surface area contributed by atoms with E-state index >= 15 is 0 Å². The molecule has 2 atom stereocenters. The lowest BCUT2D eigenvalue weighted by Gasteiger charge is -2.19. The molecule has 0 saturated carbocycles. The second-order valence-electron chi connectivity index (χ2n) is 5.35. The Labute approximate surface area is 137 Å². The fourth-order valence-corrected chi connectivity index (χ4v) is 3.29. The molecule has 120 valence electrons. The molecule has 1 aromatic carbocycles. The van der Waals surface area contributed by atoms with Gasteiger partial charge in [0.25, 0.3) is 0 Å². The van der Waals surface area contributed by atoms with E-state index in [4.69, 9.17) is 15.2 Å².